The molecule has 0 saturated heterocycles. The van der Waals surface area contributed by atoms with Gasteiger partial charge < -0.3 is 5.32 Å². The highest BCUT2D eigenvalue weighted by Crippen LogP contribution is 2.33. The first-order valence-corrected chi connectivity index (χ1v) is 6.93. The van der Waals surface area contributed by atoms with Gasteiger partial charge in [0.15, 0.2) is 0 Å². The maximum Gasteiger partial charge on any atom is 0.209 e. The fraction of sp³-hybridized carbons (Fsp3) is 1.00. The second-order valence-electron chi connectivity index (χ2n) is 4.25. The minimum Gasteiger partial charge on any atom is -0.314 e. The zero-order valence-corrected chi connectivity index (χ0v) is 9.52. The molecule has 0 aliphatic heterocycles. The summed E-state index contributed by atoms with van der Waals surface area (Å²) in [6.45, 7) is 2.89. The van der Waals surface area contributed by atoms with Crippen LogP contribution in [-0.2, 0) is 10.0 Å². The third-order valence-electron chi connectivity index (χ3n) is 2.48. The van der Waals surface area contributed by atoms with Crippen molar-refractivity contribution >= 4 is 10.0 Å². The van der Waals surface area contributed by atoms with Gasteiger partial charge in [-0.25, -0.2) is 13.6 Å². The summed E-state index contributed by atoms with van der Waals surface area (Å²) < 4.78 is 21.2. The molecule has 5 heteroatoms. The smallest absolute Gasteiger partial charge is 0.209 e. The van der Waals surface area contributed by atoms with Crippen molar-refractivity contribution in [2.75, 3.05) is 12.3 Å². The standard InChI is InChI=1S/C9H20N2O2S/c1-8(7-9-3-4-9)11-5-2-6-14(10,12)13/h8-9,11H,2-7H2,1H3,(H2,10,12,13). The van der Waals surface area contributed by atoms with E-state index in [4.69, 9.17) is 5.14 Å². The Kier molecular flexibility index (Phi) is 4.34. The maximum absolute atomic E-state index is 10.6. The number of hydrogen-bond donors (Lipinski definition) is 2. The van der Waals surface area contributed by atoms with Crippen molar-refractivity contribution in [2.24, 2.45) is 11.1 Å². The summed E-state index contributed by atoms with van der Waals surface area (Å²) in [4.78, 5) is 0. The number of nitrogens with one attached hydrogen (secondary N) is 1. The summed E-state index contributed by atoms with van der Waals surface area (Å²) >= 11 is 0. The second-order valence-corrected chi connectivity index (χ2v) is 5.99. The van der Waals surface area contributed by atoms with Crippen LogP contribution in [0.1, 0.15) is 32.6 Å². The lowest BCUT2D eigenvalue weighted by Crippen LogP contribution is -2.29. The molecular formula is C9H20N2O2S. The first-order valence-electron chi connectivity index (χ1n) is 5.21. The first kappa shape index (κ1) is 11.9. The Hall–Kier alpha value is -0.130. The molecule has 0 heterocycles. The van der Waals surface area contributed by atoms with Crippen molar-refractivity contribution in [2.45, 2.75) is 38.6 Å². The lowest BCUT2D eigenvalue weighted by atomic mass is 10.1. The molecule has 1 rings (SSSR count). The Morgan fingerprint density at radius 2 is 2.14 bits per heavy atom. The minimum absolute atomic E-state index is 0.0795. The Labute approximate surface area is 86.3 Å². The molecular weight excluding hydrogens is 200 g/mol. The lowest BCUT2D eigenvalue weighted by molar-refractivity contribution is 0.487. The molecule has 3 N–H and O–H groups in total. The van der Waals surface area contributed by atoms with Crippen molar-refractivity contribution in [1.82, 2.24) is 5.32 Å². The van der Waals surface area contributed by atoms with Crippen molar-refractivity contribution in [3.8, 4) is 0 Å². The zero-order chi connectivity index (χ0) is 10.6. The van der Waals surface area contributed by atoms with Crippen LogP contribution < -0.4 is 10.5 Å². The topological polar surface area (TPSA) is 72.2 Å². The molecule has 0 aromatic carbocycles. The fourth-order valence-corrected chi connectivity index (χ4v) is 2.11. The van der Waals surface area contributed by atoms with E-state index in [1.807, 2.05) is 0 Å². The minimum atomic E-state index is -3.27. The highest BCUT2D eigenvalue weighted by molar-refractivity contribution is 7.89. The van der Waals surface area contributed by atoms with Gasteiger partial charge in [0.25, 0.3) is 0 Å². The van der Waals surface area contributed by atoms with Gasteiger partial charge in [-0.3, -0.25) is 0 Å². The number of primary sulfonamides is 1. The van der Waals surface area contributed by atoms with E-state index in [2.05, 4.69) is 12.2 Å². The molecule has 0 bridgehead atoms. The van der Waals surface area contributed by atoms with E-state index < -0.39 is 10.0 Å². The quantitative estimate of drug-likeness (QED) is 0.612. The monoisotopic (exact) mass is 220 g/mol. The molecule has 1 aliphatic carbocycles. The second kappa shape index (κ2) is 5.09. The Balaban J connectivity index is 1.97. The summed E-state index contributed by atoms with van der Waals surface area (Å²) in [5.41, 5.74) is 0. The summed E-state index contributed by atoms with van der Waals surface area (Å²) in [6, 6.07) is 0.503. The highest BCUT2D eigenvalue weighted by Gasteiger charge is 2.23. The average molecular weight is 220 g/mol. The summed E-state index contributed by atoms with van der Waals surface area (Å²) in [5, 5.41) is 8.19. The third-order valence-corrected chi connectivity index (χ3v) is 3.34. The summed E-state index contributed by atoms with van der Waals surface area (Å²) in [6.07, 6.45) is 4.55. The van der Waals surface area contributed by atoms with Gasteiger partial charge in [-0.1, -0.05) is 12.8 Å². The van der Waals surface area contributed by atoms with Crippen molar-refractivity contribution in [3.63, 3.8) is 0 Å². The van der Waals surface area contributed by atoms with Gasteiger partial charge in [0.05, 0.1) is 5.75 Å². The molecule has 14 heavy (non-hydrogen) atoms. The number of sulfonamides is 1. The molecule has 0 spiro atoms. The largest absolute Gasteiger partial charge is 0.314 e. The molecule has 84 valence electrons. The number of hydrogen-bond acceptors (Lipinski definition) is 3. The third kappa shape index (κ3) is 6.34. The lowest BCUT2D eigenvalue weighted by Gasteiger charge is -2.12. The van der Waals surface area contributed by atoms with E-state index in [9.17, 15) is 8.42 Å². The van der Waals surface area contributed by atoms with Crippen molar-refractivity contribution in [1.29, 1.82) is 0 Å². The molecule has 1 unspecified atom stereocenters. The van der Waals surface area contributed by atoms with Crippen LogP contribution >= 0.6 is 0 Å². The summed E-state index contributed by atoms with van der Waals surface area (Å²) in [5.74, 6) is 0.992. The molecule has 1 atom stereocenters. The molecule has 1 aliphatic rings. The fourth-order valence-electron chi connectivity index (χ4n) is 1.56. The van der Waals surface area contributed by atoms with E-state index in [1.54, 1.807) is 0 Å². The van der Waals surface area contributed by atoms with Crippen LogP contribution in [0.15, 0.2) is 0 Å². The normalized spacial score (nSPS) is 19.6. The van der Waals surface area contributed by atoms with Crippen LogP contribution in [0.4, 0.5) is 0 Å². The van der Waals surface area contributed by atoms with E-state index in [-0.39, 0.29) is 5.75 Å². The van der Waals surface area contributed by atoms with Crippen LogP contribution in [0, 0.1) is 5.92 Å². The molecule has 0 aromatic heterocycles. The van der Waals surface area contributed by atoms with Gasteiger partial charge in [0.2, 0.25) is 10.0 Å². The van der Waals surface area contributed by atoms with Crippen LogP contribution in [0.5, 0.6) is 0 Å². The zero-order valence-electron chi connectivity index (χ0n) is 8.70. The van der Waals surface area contributed by atoms with Gasteiger partial charge in [-0.2, -0.15) is 0 Å². The van der Waals surface area contributed by atoms with Crippen LogP contribution in [0.3, 0.4) is 0 Å². The highest BCUT2D eigenvalue weighted by atomic mass is 32.2. The molecule has 1 saturated carbocycles. The first-order chi connectivity index (χ1) is 6.47. The number of nitrogens with two attached hydrogens (primary N) is 1. The van der Waals surface area contributed by atoms with Gasteiger partial charge in [0.1, 0.15) is 0 Å². The van der Waals surface area contributed by atoms with Gasteiger partial charge in [-0.15, -0.1) is 0 Å². The number of rotatable bonds is 7. The molecule has 1 fully saturated rings. The van der Waals surface area contributed by atoms with Crippen LogP contribution in [0.25, 0.3) is 0 Å². The molecule has 0 radical (unpaired) electrons. The van der Waals surface area contributed by atoms with Crippen molar-refractivity contribution < 1.29 is 8.42 Å². The Morgan fingerprint density at radius 1 is 1.50 bits per heavy atom. The SMILES string of the molecule is CC(CC1CC1)NCCCS(N)(=O)=O. The van der Waals surface area contributed by atoms with E-state index in [0.29, 0.717) is 12.5 Å². The van der Waals surface area contributed by atoms with Crippen molar-refractivity contribution in [3.05, 3.63) is 0 Å². The molecule has 4 nitrogen and oxygen atoms in total. The Morgan fingerprint density at radius 3 is 2.64 bits per heavy atom. The van der Waals surface area contributed by atoms with E-state index in [0.717, 1.165) is 12.5 Å². The van der Waals surface area contributed by atoms with E-state index >= 15 is 0 Å². The van der Waals surface area contributed by atoms with Crippen LogP contribution in [-0.4, -0.2) is 26.8 Å². The maximum atomic E-state index is 10.6. The summed E-state index contributed by atoms with van der Waals surface area (Å²) in [7, 11) is -3.27. The average Bonchev–Trinajstić information content (AvgIpc) is 2.80. The predicted octanol–water partition coefficient (Wildman–Crippen LogP) is 0.443. The molecule has 0 aromatic rings. The van der Waals surface area contributed by atoms with Crippen LogP contribution in [0.2, 0.25) is 0 Å². The van der Waals surface area contributed by atoms with E-state index in [1.165, 1.54) is 19.3 Å². The predicted molar refractivity (Wildman–Crippen MR) is 57.4 cm³/mol. The molecule has 0 amide bonds. The van der Waals surface area contributed by atoms with Gasteiger partial charge in [-0.05, 0) is 32.2 Å². The van der Waals surface area contributed by atoms with Gasteiger partial charge in [0, 0.05) is 6.04 Å². The Bertz CT molecular complexity index is 260. The van der Waals surface area contributed by atoms with Gasteiger partial charge >= 0.3 is 0 Å².